The van der Waals surface area contributed by atoms with Crippen LogP contribution in [0.4, 0.5) is 18.0 Å². The van der Waals surface area contributed by atoms with E-state index in [2.05, 4.69) is 14.8 Å². The number of amides is 2. The molecule has 0 saturated heterocycles. The molecule has 8 nitrogen and oxygen atoms in total. The Morgan fingerprint density at radius 3 is 2.07 bits per heavy atom. The van der Waals surface area contributed by atoms with Crippen molar-refractivity contribution < 1.29 is 40.1 Å². The van der Waals surface area contributed by atoms with Crippen LogP contribution < -0.4 is 14.8 Å². The second-order valence-electron chi connectivity index (χ2n) is 6.64. The first-order valence-corrected chi connectivity index (χ1v) is 9.36. The number of hydrogen-bond acceptors (Lipinski definition) is 6. The first-order chi connectivity index (χ1) is 12.6. The lowest BCUT2D eigenvalue weighted by Gasteiger charge is -2.23. The summed E-state index contributed by atoms with van der Waals surface area (Å²) in [5.41, 5.74) is -5.89. The van der Waals surface area contributed by atoms with E-state index in [4.69, 9.17) is 4.74 Å². The molecule has 0 aliphatic rings. The zero-order chi connectivity index (χ0) is 21.8. The number of hydrogen-bond donors (Lipinski definition) is 2. The van der Waals surface area contributed by atoms with Crippen LogP contribution in [-0.4, -0.2) is 44.6 Å². The van der Waals surface area contributed by atoms with Crippen molar-refractivity contribution in [3.8, 4) is 5.75 Å². The molecule has 0 saturated carbocycles. The molecule has 0 fully saturated rings. The van der Waals surface area contributed by atoms with E-state index in [-0.39, 0.29) is 6.42 Å². The molecule has 0 aromatic heterocycles. The summed E-state index contributed by atoms with van der Waals surface area (Å²) in [4.78, 5) is 23.8. The molecule has 1 rings (SSSR count). The Morgan fingerprint density at radius 2 is 1.64 bits per heavy atom. The van der Waals surface area contributed by atoms with Crippen molar-refractivity contribution >= 4 is 22.1 Å². The minimum absolute atomic E-state index is 0.0226. The molecule has 12 heteroatoms. The average Bonchev–Trinajstić information content (AvgIpc) is 2.52. The van der Waals surface area contributed by atoms with E-state index >= 15 is 0 Å². The largest absolute Gasteiger partial charge is 0.534 e. The number of ether oxygens (including phenoxy) is 1. The smallest absolute Gasteiger partial charge is 0.444 e. The lowest BCUT2D eigenvalue weighted by atomic mass is 10.1. The fraction of sp³-hybridized carbons (Fsp3) is 0.500. The second kappa shape index (κ2) is 8.67. The number of carbonyl (C=O) groups is 2. The maximum atomic E-state index is 12.3. The van der Waals surface area contributed by atoms with Gasteiger partial charge in [0.2, 0.25) is 5.91 Å². The molecule has 158 valence electrons. The first kappa shape index (κ1) is 23.5. The highest BCUT2D eigenvalue weighted by molar-refractivity contribution is 7.88. The fourth-order valence-electron chi connectivity index (χ4n) is 1.92. The Bertz CT molecular complexity index is 801. The van der Waals surface area contributed by atoms with Crippen molar-refractivity contribution in [2.24, 2.45) is 0 Å². The summed E-state index contributed by atoms with van der Waals surface area (Å²) < 4.78 is 68.0. The van der Waals surface area contributed by atoms with Crippen LogP contribution in [-0.2, 0) is 26.1 Å². The normalized spacial score (nSPS) is 13.4. The second-order valence-corrected chi connectivity index (χ2v) is 8.18. The third kappa shape index (κ3) is 7.25. The molecule has 0 aliphatic heterocycles. The molecule has 0 bridgehead atoms. The van der Waals surface area contributed by atoms with Crippen LogP contribution >= 0.6 is 0 Å². The Morgan fingerprint density at radius 1 is 1.11 bits per heavy atom. The molecular formula is C16H21F3N2O6S. The van der Waals surface area contributed by atoms with Crippen molar-refractivity contribution in [3.63, 3.8) is 0 Å². The van der Waals surface area contributed by atoms with E-state index in [1.54, 1.807) is 20.8 Å². The van der Waals surface area contributed by atoms with Crippen LogP contribution in [0.25, 0.3) is 0 Å². The maximum Gasteiger partial charge on any atom is 0.534 e. The fourth-order valence-corrected chi connectivity index (χ4v) is 2.38. The van der Waals surface area contributed by atoms with Gasteiger partial charge in [0.05, 0.1) is 0 Å². The van der Waals surface area contributed by atoms with Gasteiger partial charge in [-0.25, -0.2) is 4.79 Å². The molecule has 1 aromatic rings. The Labute approximate surface area is 160 Å². The van der Waals surface area contributed by atoms with Crippen molar-refractivity contribution in [1.29, 1.82) is 0 Å². The zero-order valence-corrected chi connectivity index (χ0v) is 16.4. The van der Waals surface area contributed by atoms with E-state index < -0.39 is 45.0 Å². The summed E-state index contributed by atoms with van der Waals surface area (Å²) in [7, 11) is -4.41. The molecule has 0 aliphatic carbocycles. The highest BCUT2D eigenvalue weighted by Gasteiger charge is 2.48. The molecule has 0 heterocycles. The molecule has 2 amide bonds. The van der Waals surface area contributed by atoms with Gasteiger partial charge in [0.25, 0.3) is 0 Å². The predicted octanol–water partition coefficient (Wildman–Crippen LogP) is 2.10. The Kier molecular flexibility index (Phi) is 7.29. The van der Waals surface area contributed by atoms with Gasteiger partial charge in [-0.05, 0) is 38.5 Å². The van der Waals surface area contributed by atoms with Gasteiger partial charge >= 0.3 is 21.7 Å². The topological polar surface area (TPSA) is 111 Å². The van der Waals surface area contributed by atoms with E-state index in [1.807, 2.05) is 0 Å². The molecule has 0 radical (unpaired) electrons. The summed E-state index contributed by atoms with van der Waals surface area (Å²) in [5, 5.41) is 4.77. The van der Waals surface area contributed by atoms with Crippen LogP contribution in [0.15, 0.2) is 24.3 Å². The molecule has 0 spiro atoms. The summed E-state index contributed by atoms with van der Waals surface area (Å²) in [6, 6.07) is 3.53. The molecule has 28 heavy (non-hydrogen) atoms. The number of likely N-dealkylation sites (N-methyl/N-ethyl adjacent to an activating group) is 1. The SMILES string of the molecule is CNC(=O)[C@@H](Cc1ccc(OS(=O)(=O)C(F)(F)F)cc1)NC(=O)OC(C)(C)C. The standard InChI is InChI=1S/C16H21F3N2O6S/c1-15(2,3)26-14(23)21-12(13(22)20-4)9-10-5-7-11(8-6-10)27-28(24,25)16(17,18)19/h5-8,12H,9H2,1-4H3,(H,20,22)(H,21,23)/t12-/m1/s1. The van der Waals surface area contributed by atoms with Gasteiger partial charge in [0.15, 0.2) is 0 Å². The minimum atomic E-state index is -5.78. The third-order valence-corrected chi connectivity index (χ3v) is 4.09. The van der Waals surface area contributed by atoms with Gasteiger partial charge < -0.3 is 19.6 Å². The number of halogens is 3. The summed E-state index contributed by atoms with van der Waals surface area (Å²) in [6.45, 7) is 4.94. The summed E-state index contributed by atoms with van der Waals surface area (Å²) >= 11 is 0. The van der Waals surface area contributed by atoms with Crippen molar-refractivity contribution in [3.05, 3.63) is 29.8 Å². The van der Waals surface area contributed by atoms with E-state index in [9.17, 15) is 31.2 Å². The molecule has 1 aromatic carbocycles. The van der Waals surface area contributed by atoms with Crippen LogP contribution in [0.2, 0.25) is 0 Å². The van der Waals surface area contributed by atoms with Crippen molar-refractivity contribution in [2.75, 3.05) is 7.05 Å². The minimum Gasteiger partial charge on any atom is -0.444 e. The lowest BCUT2D eigenvalue weighted by molar-refractivity contribution is -0.122. The van der Waals surface area contributed by atoms with Gasteiger partial charge in [0, 0.05) is 13.5 Å². The van der Waals surface area contributed by atoms with E-state index in [0.717, 1.165) is 12.1 Å². The van der Waals surface area contributed by atoms with Gasteiger partial charge in [-0.1, -0.05) is 12.1 Å². The summed E-state index contributed by atoms with van der Waals surface area (Å²) in [5.74, 6) is -1.07. The predicted molar refractivity (Wildman–Crippen MR) is 93.0 cm³/mol. The number of benzene rings is 1. The molecule has 2 N–H and O–H groups in total. The lowest BCUT2D eigenvalue weighted by Crippen LogP contribution is -2.48. The average molecular weight is 426 g/mol. The van der Waals surface area contributed by atoms with Crippen molar-refractivity contribution in [2.45, 2.75) is 44.3 Å². The van der Waals surface area contributed by atoms with Crippen LogP contribution in [0.1, 0.15) is 26.3 Å². The first-order valence-electron chi connectivity index (χ1n) is 7.95. The number of alkyl halides is 3. The van der Waals surface area contributed by atoms with Crippen LogP contribution in [0.5, 0.6) is 5.75 Å². The monoisotopic (exact) mass is 426 g/mol. The Balaban J connectivity index is 2.88. The van der Waals surface area contributed by atoms with E-state index in [1.165, 1.54) is 19.2 Å². The van der Waals surface area contributed by atoms with Gasteiger partial charge in [-0.2, -0.15) is 21.6 Å². The number of rotatable bonds is 6. The summed E-state index contributed by atoms with van der Waals surface area (Å²) in [6.07, 6.45) is -0.845. The van der Waals surface area contributed by atoms with Gasteiger partial charge in [-0.15, -0.1) is 0 Å². The highest BCUT2D eigenvalue weighted by atomic mass is 32.2. The van der Waals surface area contributed by atoms with Crippen molar-refractivity contribution in [1.82, 2.24) is 10.6 Å². The number of carbonyl (C=O) groups excluding carboxylic acids is 2. The van der Waals surface area contributed by atoms with Gasteiger partial charge in [-0.3, -0.25) is 4.79 Å². The number of nitrogens with one attached hydrogen (secondary N) is 2. The molecule has 1 atom stereocenters. The van der Waals surface area contributed by atoms with Crippen LogP contribution in [0, 0.1) is 0 Å². The maximum absolute atomic E-state index is 12.3. The third-order valence-electron chi connectivity index (χ3n) is 3.11. The van der Waals surface area contributed by atoms with Crippen LogP contribution in [0.3, 0.4) is 0 Å². The van der Waals surface area contributed by atoms with E-state index in [0.29, 0.717) is 5.56 Å². The molecule has 0 unspecified atom stereocenters. The highest BCUT2D eigenvalue weighted by Crippen LogP contribution is 2.27. The zero-order valence-electron chi connectivity index (χ0n) is 15.6. The Hall–Kier alpha value is -2.50. The quantitative estimate of drug-likeness (QED) is 0.532. The van der Waals surface area contributed by atoms with Gasteiger partial charge in [0.1, 0.15) is 17.4 Å². The number of alkyl carbamates (subject to hydrolysis) is 1. The molecular weight excluding hydrogens is 405 g/mol.